The van der Waals surface area contributed by atoms with E-state index >= 15 is 0 Å². The van der Waals surface area contributed by atoms with Gasteiger partial charge < -0.3 is 10.8 Å². The number of hydrogen-bond donors (Lipinski definition) is 2. The van der Waals surface area contributed by atoms with E-state index in [1.165, 1.54) is 0 Å². The van der Waals surface area contributed by atoms with Crippen LogP contribution in [0.1, 0.15) is 27.2 Å². The molecule has 0 radical (unpaired) electrons. The van der Waals surface area contributed by atoms with Crippen molar-refractivity contribution in [2.75, 3.05) is 0 Å². The van der Waals surface area contributed by atoms with E-state index in [1.807, 2.05) is 0 Å². The molecule has 1 fully saturated rings. The van der Waals surface area contributed by atoms with Gasteiger partial charge in [-0.05, 0) is 17.8 Å². The fraction of sp³-hybridized carbons (Fsp3) is 1.00. The van der Waals surface area contributed by atoms with Gasteiger partial charge in [0.1, 0.15) is 0 Å². The molecule has 3 atom stereocenters. The molecule has 0 spiro atoms. The number of aliphatic hydroxyl groups is 1. The maximum Gasteiger partial charge on any atom is 0.0744 e. The van der Waals surface area contributed by atoms with E-state index in [1.54, 1.807) is 0 Å². The van der Waals surface area contributed by atoms with Gasteiger partial charge in [-0.2, -0.15) is 0 Å². The molecule has 0 amide bonds. The van der Waals surface area contributed by atoms with Gasteiger partial charge in [0, 0.05) is 6.04 Å². The van der Waals surface area contributed by atoms with Gasteiger partial charge in [0.15, 0.2) is 0 Å². The summed E-state index contributed by atoms with van der Waals surface area (Å²) in [7, 11) is 0. The highest BCUT2D eigenvalue weighted by Crippen LogP contribution is 2.41. The Bertz CT molecular complexity index is 133. The van der Waals surface area contributed by atoms with E-state index in [0.29, 0.717) is 5.92 Å². The molecule has 10 heavy (non-hydrogen) atoms. The molecule has 1 aliphatic rings. The van der Waals surface area contributed by atoms with Crippen molar-refractivity contribution in [1.82, 2.24) is 0 Å². The Morgan fingerprint density at radius 2 is 2.00 bits per heavy atom. The van der Waals surface area contributed by atoms with Gasteiger partial charge in [-0.25, -0.2) is 0 Å². The molecule has 1 saturated carbocycles. The van der Waals surface area contributed by atoms with Gasteiger partial charge >= 0.3 is 0 Å². The predicted octanol–water partition coefficient (Wildman–Crippen LogP) is 0.741. The molecular weight excluding hydrogens is 126 g/mol. The quantitative estimate of drug-likeness (QED) is 0.525. The van der Waals surface area contributed by atoms with Crippen LogP contribution in [-0.2, 0) is 0 Å². The van der Waals surface area contributed by atoms with Crippen LogP contribution in [0.5, 0.6) is 0 Å². The lowest BCUT2D eigenvalue weighted by Crippen LogP contribution is -2.37. The number of rotatable bonds is 0. The van der Waals surface area contributed by atoms with Crippen molar-refractivity contribution in [3.63, 3.8) is 0 Å². The third-order valence-corrected chi connectivity index (χ3v) is 3.06. The Morgan fingerprint density at radius 3 is 2.10 bits per heavy atom. The van der Waals surface area contributed by atoms with E-state index < -0.39 is 0 Å². The number of hydrogen-bond acceptors (Lipinski definition) is 2. The zero-order valence-corrected chi connectivity index (χ0v) is 6.96. The van der Waals surface area contributed by atoms with Crippen molar-refractivity contribution in [2.45, 2.75) is 39.3 Å². The molecule has 3 N–H and O–H groups in total. The molecule has 0 aromatic carbocycles. The molecule has 60 valence electrons. The highest BCUT2D eigenvalue weighted by atomic mass is 16.3. The third-order valence-electron chi connectivity index (χ3n) is 3.06. The Labute approximate surface area is 62.4 Å². The van der Waals surface area contributed by atoms with E-state index in [4.69, 9.17) is 5.73 Å². The molecule has 0 bridgehead atoms. The second kappa shape index (κ2) is 2.21. The van der Waals surface area contributed by atoms with Gasteiger partial charge in [0.25, 0.3) is 0 Å². The summed E-state index contributed by atoms with van der Waals surface area (Å²) in [5, 5.41) is 9.57. The van der Waals surface area contributed by atoms with Crippen LogP contribution in [-0.4, -0.2) is 17.3 Å². The van der Waals surface area contributed by atoms with E-state index in [9.17, 15) is 5.11 Å². The van der Waals surface area contributed by atoms with Crippen molar-refractivity contribution in [1.29, 1.82) is 0 Å². The minimum Gasteiger partial charge on any atom is -0.391 e. The summed E-state index contributed by atoms with van der Waals surface area (Å²) >= 11 is 0. The van der Waals surface area contributed by atoms with E-state index in [2.05, 4.69) is 20.8 Å². The first-order chi connectivity index (χ1) is 4.46. The Balaban J connectivity index is 2.75. The predicted molar refractivity (Wildman–Crippen MR) is 41.5 cm³/mol. The van der Waals surface area contributed by atoms with Gasteiger partial charge in [0.2, 0.25) is 0 Å². The molecule has 0 aliphatic heterocycles. The SMILES string of the molecule is CC1C[C@@H](N)[C@@H](O)C1(C)C. The normalized spacial score (nSPS) is 45.9. The van der Waals surface area contributed by atoms with Gasteiger partial charge in [0.05, 0.1) is 6.10 Å². The van der Waals surface area contributed by atoms with E-state index in [-0.39, 0.29) is 17.6 Å². The molecule has 1 rings (SSSR count). The first-order valence-electron chi connectivity index (χ1n) is 3.90. The lowest BCUT2D eigenvalue weighted by molar-refractivity contribution is 0.0503. The van der Waals surface area contributed by atoms with E-state index in [0.717, 1.165) is 6.42 Å². The first kappa shape index (κ1) is 8.02. The fourth-order valence-corrected chi connectivity index (χ4v) is 1.68. The van der Waals surface area contributed by atoms with Crippen LogP contribution < -0.4 is 5.73 Å². The van der Waals surface area contributed by atoms with Gasteiger partial charge in [-0.1, -0.05) is 20.8 Å². The van der Waals surface area contributed by atoms with Crippen LogP contribution >= 0.6 is 0 Å². The average molecular weight is 143 g/mol. The van der Waals surface area contributed by atoms with Crippen LogP contribution in [0, 0.1) is 11.3 Å². The summed E-state index contributed by atoms with van der Waals surface area (Å²) in [5.74, 6) is 0.539. The molecule has 0 saturated heterocycles. The molecule has 0 aromatic heterocycles. The first-order valence-corrected chi connectivity index (χ1v) is 3.90. The highest BCUT2D eigenvalue weighted by molar-refractivity contribution is 4.97. The molecular formula is C8H17NO. The highest BCUT2D eigenvalue weighted by Gasteiger charge is 2.44. The molecule has 2 heteroatoms. The number of aliphatic hydroxyl groups excluding tert-OH is 1. The second-order valence-corrected chi connectivity index (χ2v) is 4.07. The molecule has 0 heterocycles. The minimum absolute atomic E-state index is 0.00926. The van der Waals surface area contributed by atoms with Crippen molar-refractivity contribution in [2.24, 2.45) is 17.1 Å². The second-order valence-electron chi connectivity index (χ2n) is 4.07. The van der Waals surface area contributed by atoms with Crippen LogP contribution in [0.2, 0.25) is 0 Å². The van der Waals surface area contributed by atoms with Crippen LogP contribution in [0.25, 0.3) is 0 Å². The minimum atomic E-state index is -0.317. The summed E-state index contributed by atoms with van der Waals surface area (Å²) in [6.07, 6.45) is 0.635. The Hall–Kier alpha value is -0.0800. The molecule has 1 aliphatic carbocycles. The monoisotopic (exact) mass is 143 g/mol. The lowest BCUT2D eigenvalue weighted by atomic mass is 9.81. The van der Waals surface area contributed by atoms with Gasteiger partial charge in [-0.15, -0.1) is 0 Å². The Kier molecular flexibility index (Phi) is 1.77. The summed E-state index contributed by atoms with van der Waals surface area (Å²) in [6.45, 7) is 6.31. The smallest absolute Gasteiger partial charge is 0.0744 e. The average Bonchev–Trinajstić information content (AvgIpc) is 1.97. The van der Waals surface area contributed by atoms with Crippen LogP contribution in [0.4, 0.5) is 0 Å². The lowest BCUT2D eigenvalue weighted by Gasteiger charge is -2.27. The molecule has 0 aromatic rings. The zero-order chi connectivity index (χ0) is 7.94. The summed E-state index contributed by atoms with van der Waals surface area (Å²) < 4.78 is 0. The topological polar surface area (TPSA) is 46.2 Å². The molecule has 1 unspecified atom stereocenters. The molecule has 2 nitrogen and oxygen atoms in total. The zero-order valence-electron chi connectivity index (χ0n) is 6.96. The number of nitrogens with two attached hydrogens (primary N) is 1. The van der Waals surface area contributed by atoms with Crippen molar-refractivity contribution >= 4 is 0 Å². The largest absolute Gasteiger partial charge is 0.391 e. The Morgan fingerprint density at radius 1 is 1.50 bits per heavy atom. The van der Waals surface area contributed by atoms with Crippen molar-refractivity contribution < 1.29 is 5.11 Å². The van der Waals surface area contributed by atoms with Crippen LogP contribution in [0.3, 0.4) is 0 Å². The van der Waals surface area contributed by atoms with Crippen LogP contribution in [0.15, 0.2) is 0 Å². The third kappa shape index (κ3) is 0.956. The van der Waals surface area contributed by atoms with Crippen molar-refractivity contribution in [3.05, 3.63) is 0 Å². The summed E-state index contributed by atoms with van der Waals surface area (Å²) in [4.78, 5) is 0. The maximum absolute atomic E-state index is 9.57. The summed E-state index contributed by atoms with van der Waals surface area (Å²) in [6, 6.07) is -0.00926. The standard InChI is InChI=1S/C8H17NO/c1-5-4-6(9)7(10)8(5,2)3/h5-7,10H,4,9H2,1-3H3/t5?,6-,7-/m1/s1. The summed E-state index contributed by atoms with van der Waals surface area (Å²) in [5.41, 5.74) is 5.71. The maximum atomic E-state index is 9.57. The van der Waals surface area contributed by atoms with Gasteiger partial charge in [-0.3, -0.25) is 0 Å². The fourth-order valence-electron chi connectivity index (χ4n) is 1.68. The van der Waals surface area contributed by atoms with Crippen molar-refractivity contribution in [3.8, 4) is 0 Å².